The van der Waals surface area contributed by atoms with E-state index in [0.717, 1.165) is 0 Å². The molecule has 0 aliphatic heterocycles. The molecule has 0 heterocycles. The number of carbonyl (C=O) groups is 1. The van der Waals surface area contributed by atoms with Crippen LogP contribution in [0.4, 0.5) is 4.79 Å². The lowest BCUT2D eigenvalue weighted by Gasteiger charge is -2.06. The Balaban J connectivity index is 4.53. The van der Waals surface area contributed by atoms with Crippen LogP contribution in [0.5, 0.6) is 0 Å². The Morgan fingerprint density at radius 3 is 2.33 bits per heavy atom. The number of ether oxygens (including phenoxy) is 1. The van der Waals surface area contributed by atoms with Crippen LogP contribution in [0.1, 0.15) is 20.8 Å². The van der Waals surface area contributed by atoms with E-state index in [4.69, 9.17) is 0 Å². The van der Waals surface area contributed by atoms with E-state index in [0.29, 0.717) is 0 Å². The highest BCUT2D eigenvalue weighted by molar-refractivity contribution is 7.88. The standard InChI is InChI=1S/C7H15N3O4S/c1-5(2)9-15(12,13)10-6(3)8-7(11)14-4/h5,9H,1-4H3,(H,8,10,11). The highest BCUT2D eigenvalue weighted by atomic mass is 32.2. The maximum Gasteiger partial charge on any atom is 0.412 e. The molecule has 0 rings (SSSR count). The number of hydrogen-bond donors (Lipinski definition) is 2. The zero-order chi connectivity index (χ0) is 12.1. The second-order valence-electron chi connectivity index (χ2n) is 3.04. The molecule has 0 bridgehead atoms. The van der Waals surface area contributed by atoms with Crippen LogP contribution in [-0.2, 0) is 14.9 Å². The first kappa shape index (κ1) is 13.8. The van der Waals surface area contributed by atoms with Gasteiger partial charge in [-0.2, -0.15) is 13.1 Å². The van der Waals surface area contributed by atoms with E-state index in [2.05, 4.69) is 19.2 Å². The Hall–Kier alpha value is -1.15. The summed E-state index contributed by atoms with van der Waals surface area (Å²) < 4.78 is 32.3. The molecule has 0 radical (unpaired) electrons. The molecule has 0 fully saturated rings. The predicted molar refractivity (Wildman–Crippen MR) is 55.8 cm³/mol. The van der Waals surface area contributed by atoms with Crippen molar-refractivity contribution < 1.29 is 17.9 Å². The van der Waals surface area contributed by atoms with Crippen molar-refractivity contribution in [2.24, 2.45) is 4.40 Å². The fourth-order valence-corrected chi connectivity index (χ4v) is 1.78. The first-order valence-corrected chi connectivity index (χ1v) is 5.64. The van der Waals surface area contributed by atoms with Crippen LogP contribution in [0.2, 0.25) is 0 Å². The van der Waals surface area contributed by atoms with Gasteiger partial charge in [-0.05, 0) is 20.8 Å². The van der Waals surface area contributed by atoms with Crippen molar-refractivity contribution in [3.05, 3.63) is 0 Å². The number of rotatable bonds is 3. The number of methoxy groups -OCH3 is 1. The predicted octanol–water partition coefficient (Wildman–Crippen LogP) is 0.00360. The summed E-state index contributed by atoms with van der Waals surface area (Å²) in [6.07, 6.45) is -0.768. The van der Waals surface area contributed by atoms with Gasteiger partial charge in [0.05, 0.1) is 7.11 Å². The summed E-state index contributed by atoms with van der Waals surface area (Å²) in [5.41, 5.74) is 0. The van der Waals surface area contributed by atoms with Gasteiger partial charge < -0.3 is 4.74 Å². The number of carbonyl (C=O) groups excluding carboxylic acids is 1. The van der Waals surface area contributed by atoms with Gasteiger partial charge in [-0.1, -0.05) is 0 Å². The summed E-state index contributed by atoms with van der Waals surface area (Å²) in [6, 6.07) is -0.260. The number of alkyl carbamates (subject to hydrolysis) is 1. The molecule has 0 aromatic carbocycles. The average molecular weight is 237 g/mol. The van der Waals surface area contributed by atoms with Crippen LogP contribution < -0.4 is 10.0 Å². The van der Waals surface area contributed by atoms with Gasteiger partial charge in [0.2, 0.25) is 0 Å². The molecule has 0 spiro atoms. The summed E-state index contributed by atoms with van der Waals surface area (Å²) in [6.45, 7) is 4.67. The van der Waals surface area contributed by atoms with Gasteiger partial charge >= 0.3 is 16.3 Å². The third-order valence-corrected chi connectivity index (χ3v) is 2.39. The first-order chi connectivity index (χ1) is 6.76. The Bertz CT molecular complexity index is 347. The van der Waals surface area contributed by atoms with Crippen LogP contribution in [-0.4, -0.2) is 33.5 Å². The Morgan fingerprint density at radius 1 is 1.40 bits per heavy atom. The SMILES string of the molecule is COC(=O)NC(C)=NS(=O)(=O)NC(C)C. The van der Waals surface area contributed by atoms with Crippen molar-refractivity contribution in [2.75, 3.05) is 7.11 Å². The number of hydrogen-bond acceptors (Lipinski definition) is 4. The van der Waals surface area contributed by atoms with Gasteiger partial charge in [0.1, 0.15) is 5.84 Å². The van der Waals surface area contributed by atoms with Crippen molar-refractivity contribution >= 4 is 22.1 Å². The molecule has 0 saturated carbocycles. The van der Waals surface area contributed by atoms with Gasteiger partial charge in [-0.15, -0.1) is 4.40 Å². The molecular formula is C7H15N3O4S. The van der Waals surface area contributed by atoms with Gasteiger partial charge in [-0.25, -0.2) is 4.79 Å². The molecule has 0 saturated heterocycles. The van der Waals surface area contributed by atoms with Crippen LogP contribution in [0.15, 0.2) is 4.40 Å². The maximum absolute atomic E-state index is 11.2. The van der Waals surface area contributed by atoms with E-state index in [1.807, 2.05) is 0 Å². The fourth-order valence-electron chi connectivity index (χ4n) is 0.726. The summed E-state index contributed by atoms with van der Waals surface area (Å²) in [5.74, 6) is -0.0602. The molecule has 1 amide bonds. The molecule has 88 valence electrons. The third-order valence-electron chi connectivity index (χ3n) is 1.11. The second-order valence-corrected chi connectivity index (χ2v) is 4.41. The highest BCUT2D eigenvalue weighted by Gasteiger charge is 2.11. The lowest BCUT2D eigenvalue weighted by molar-refractivity contribution is 0.177. The largest absolute Gasteiger partial charge is 0.453 e. The van der Waals surface area contributed by atoms with Crippen molar-refractivity contribution in [3.8, 4) is 0 Å². The summed E-state index contributed by atoms with van der Waals surface area (Å²) in [4.78, 5) is 10.7. The zero-order valence-electron chi connectivity index (χ0n) is 9.07. The molecule has 7 nitrogen and oxygen atoms in total. The summed E-state index contributed by atoms with van der Waals surface area (Å²) >= 11 is 0. The maximum atomic E-state index is 11.2. The summed E-state index contributed by atoms with van der Waals surface area (Å²) in [7, 11) is -2.60. The molecule has 0 aromatic rings. The quantitative estimate of drug-likeness (QED) is 0.533. The molecule has 0 unspecified atom stereocenters. The molecule has 2 N–H and O–H groups in total. The normalized spacial score (nSPS) is 12.7. The van der Waals surface area contributed by atoms with Crippen molar-refractivity contribution in [1.82, 2.24) is 10.0 Å². The average Bonchev–Trinajstić information content (AvgIpc) is 1.99. The molecule has 0 aliphatic rings. The Labute approximate surface area is 89.1 Å². The van der Waals surface area contributed by atoms with Crippen LogP contribution >= 0.6 is 0 Å². The summed E-state index contributed by atoms with van der Waals surface area (Å²) in [5, 5.41) is 2.13. The van der Waals surface area contributed by atoms with Crippen molar-refractivity contribution in [2.45, 2.75) is 26.8 Å². The van der Waals surface area contributed by atoms with E-state index in [1.54, 1.807) is 13.8 Å². The Morgan fingerprint density at radius 2 is 1.93 bits per heavy atom. The van der Waals surface area contributed by atoms with E-state index in [-0.39, 0.29) is 11.9 Å². The molecule has 15 heavy (non-hydrogen) atoms. The van der Waals surface area contributed by atoms with Gasteiger partial charge in [0.25, 0.3) is 0 Å². The van der Waals surface area contributed by atoms with Gasteiger partial charge in [0.15, 0.2) is 0 Å². The minimum absolute atomic E-state index is 0.0602. The number of nitrogens with one attached hydrogen (secondary N) is 2. The molecule has 0 atom stereocenters. The van der Waals surface area contributed by atoms with Crippen LogP contribution in [0.3, 0.4) is 0 Å². The van der Waals surface area contributed by atoms with Crippen LogP contribution in [0.25, 0.3) is 0 Å². The lowest BCUT2D eigenvalue weighted by atomic mass is 10.4. The number of amidine groups is 1. The monoisotopic (exact) mass is 237 g/mol. The van der Waals surface area contributed by atoms with E-state index >= 15 is 0 Å². The van der Waals surface area contributed by atoms with E-state index < -0.39 is 16.3 Å². The van der Waals surface area contributed by atoms with Gasteiger partial charge in [0, 0.05) is 6.04 Å². The Kier molecular flexibility index (Phi) is 5.23. The molecular weight excluding hydrogens is 222 g/mol. The minimum atomic E-state index is -3.77. The highest BCUT2D eigenvalue weighted by Crippen LogP contribution is 1.91. The first-order valence-electron chi connectivity index (χ1n) is 4.20. The smallest absolute Gasteiger partial charge is 0.412 e. The topological polar surface area (TPSA) is 96.9 Å². The molecule has 0 aliphatic carbocycles. The minimum Gasteiger partial charge on any atom is -0.453 e. The zero-order valence-corrected chi connectivity index (χ0v) is 9.88. The molecule has 8 heteroatoms. The fraction of sp³-hybridized carbons (Fsp3) is 0.714. The lowest BCUT2D eigenvalue weighted by Crippen LogP contribution is -2.33. The van der Waals surface area contributed by atoms with Crippen LogP contribution in [0, 0.1) is 0 Å². The van der Waals surface area contributed by atoms with Gasteiger partial charge in [-0.3, -0.25) is 5.32 Å². The molecule has 0 aromatic heterocycles. The van der Waals surface area contributed by atoms with Crippen molar-refractivity contribution in [3.63, 3.8) is 0 Å². The van der Waals surface area contributed by atoms with E-state index in [1.165, 1.54) is 14.0 Å². The number of amides is 1. The van der Waals surface area contributed by atoms with E-state index in [9.17, 15) is 13.2 Å². The third kappa shape index (κ3) is 6.86. The van der Waals surface area contributed by atoms with Crippen molar-refractivity contribution in [1.29, 1.82) is 0 Å². The second kappa shape index (κ2) is 5.66. The number of nitrogens with zero attached hydrogens (tertiary/aromatic N) is 1.